The van der Waals surface area contributed by atoms with Crippen LogP contribution in [0.2, 0.25) is 0 Å². The first-order chi connectivity index (χ1) is 8.03. The molecule has 1 rings (SSSR count). The number of hydrogen-bond acceptors (Lipinski definition) is 4. The number of ether oxygens (including phenoxy) is 1. The number of sulfonamides is 1. The molecular weight excluding hydrogens is 240 g/mol. The van der Waals surface area contributed by atoms with E-state index in [4.69, 9.17) is 9.88 Å². The zero-order valence-corrected chi connectivity index (χ0v) is 10.7. The molecule has 0 fully saturated rings. The molecule has 0 aliphatic rings. The minimum Gasteiger partial charge on any atom is -0.496 e. The molecule has 0 radical (unpaired) electrons. The highest BCUT2D eigenvalue weighted by atomic mass is 32.2. The maximum atomic E-state index is 10.7. The zero-order valence-electron chi connectivity index (χ0n) is 9.85. The van der Waals surface area contributed by atoms with Crippen molar-refractivity contribution in [1.29, 1.82) is 0 Å². The fraction of sp³-hybridized carbons (Fsp3) is 0.455. The largest absolute Gasteiger partial charge is 0.496 e. The summed E-state index contributed by atoms with van der Waals surface area (Å²) >= 11 is 0. The van der Waals surface area contributed by atoms with Gasteiger partial charge >= 0.3 is 0 Å². The van der Waals surface area contributed by atoms with E-state index in [-0.39, 0.29) is 5.75 Å². The Balaban J connectivity index is 2.31. The third-order valence-electron chi connectivity index (χ3n) is 2.33. The van der Waals surface area contributed by atoms with E-state index >= 15 is 0 Å². The first-order valence-electron chi connectivity index (χ1n) is 5.36. The van der Waals surface area contributed by atoms with Gasteiger partial charge in [0.2, 0.25) is 10.0 Å². The van der Waals surface area contributed by atoms with Crippen LogP contribution in [0.5, 0.6) is 5.75 Å². The second kappa shape index (κ2) is 6.58. The maximum Gasteiger partial charge on any atom is 0.210 e. The molecular formula is C11H18N2O3S. The highest BCUT2D eigenvalue weighted by molar-refractivity contribution is 7.89. The molecule has 0 bridgehead atoms. The van der Waals surface area contributed by atoms with Gasteiger partial charge in [-0.1, -0.05) is 18.2 Å². The fourth-order valence-electron chi connectivity index (χ4n) is 1.47. The van der Waals surface area contributed by atoms with Crippen molar-refractivity contribution in [3.8, 4) is 5.75 Å². The third kappa shape index (κ3) is 5.67. The van der Waals surface area contributed by atoms with Crippen LogP contribution in [0, 0.1) is 0 Å². The summed E-state index contributed by atoms with van der Waals surface area (Å²) in [6.45, 7) is 1.06. The van der Waals surface area contributed by atoms with Gasteiger partial charge in [0, 0.05) is 6.54 Å². The van der Waals surface area contributed by atoms with Crippen molar-refractivity contribution in [2.45, 2.75) is 6.42 Å². The molecule has 0 aliphatic heterocycles. The molecule has 1 aromatic rings. The van der Waals surface area contributed by atoms with E-state index in [0.29, 0.717) is 13.1 Å². The van der Waals surface area contributed by atoms with Gasteiger partial charge in [-0.05, 0) is 24.6 Å². The highest BCUT2D eigenvalue weighted by Crippen LogP contribution is 2.16. The normalized spacial score (nSPS) is 11.4. The number of hydrogen-bond donors (Lipinski definition) is 2. The predicted molar refractivity (Wildman–Crippen MR) is 67.5 cm³/mol. The van der Waals surface area contributed by atoms with E-state index in [1.807, 2.05) is 24.3 Å². The van der Waals surface area contributed by atoms with E-state index in [1.54, 1.807) is 7.11 Å². The average Bonchev–Trinajstić information content (AvgIpc) is 2.27. The van der Waals surface area contributed by atoms with Crippen LogP contribution in [0.1, 0.15) is 5.56 Å². The van der Waals surface area contributed by atoms with Crippen LogP contribution in [0.25, 0.3) is 0 Å². The van der Waals surface area contributed by atoms with Gasteiger partial charge in [0.15, 0.2) is 0 Å². The summed E-state index contributed by atoms with van der Waals surface area (Å²) < 4.78 is 26.6. The van der Waals surface area contributed by atoms with Crippen molar-refractivity contribution >= 4 is 10.0 Å². The minimum atomic E-state index is -3.37. The Morgan fingerprint density at radius 3 is 2.65 bits per heavy atom. The number of benzene rings is 1. The van der Waals surface area contributed by atoms with Crippen molar-refractivity contribution in [2.24, 2.45) is 5.14 Å². The van der Waals surface area contributed by atoms with E-state index in [0.717, 1.165) is 17.7 Å². The van der Waals surface area contributed by atoms with Crippen molar-refractivity contribution in [3.63, 3.8) is 0 Å². The number of methoxy groups -OCH3 is 1. The van der Waals surface area contributed by atoms with E-state index in [2.05, 4.69) is 5.32 Å². The lowest BCUT2D eigenvalue weighted by atomic mass is 10.1. The van der Waals surface area contributed by atoms with Crippen LogP contribution < -0.4 is 15.2 Å². The molecule has 6 heteroatoms. The summed E-state index contributed by atoms with van der Waals surface area (Å²) in [4.78, 5) is 0. The second-order valence-corrected chi connectivity index (χ2v) is 5.41. The molecule has 0 spiro atoms. The molecule has 0 saturated carbocycles. The Morgan fingerprint density at radius 2 is 2.00 bits per heavy atom. The van der Waals surface area contributed by atoms with Gasteiger partial charge in [0.05, 0.1) is 12.9 Å². The van der Waals surface area contributed by atoms with Crippen LogP contribution >= 0.6 is 0 Å². The SMILES string of the molecule is COc1ccccc1CCNCCS(N)(=O)=O. The monoisotopic (exact) mass is 258 g/mol. The number of rotatable bonds is 7. The summed E-state index contributed by atoms with van der Waals surface area (Å²) in [6.07, 6.45) is 0.786. The van der Waals surface area contributed by atoms with Crippen LogP contribution in [0.3, 0.4) is 0 Å². The van der Waals surface area contributed by atoms with Crippen molar-refractivity contribution in [1.82, 2.24) is 5.32 Å². The van der Waals surface area contributed by atoms with Crippen LogP contribution in [0.4, 0.5) is 0 Å². The molecule has 3 N–H and O–H groups in total. The second-order valence-electron chi connectivity index (χ2n) is 3.68. The molecule has 0 heterocycles. The van der Waals surface area contributed by atoms with Gasteiger partial charge in [-0.2, -0.15) is 0 Å². The highest BCUT2D eigenvalue weighted by Gasteiger charge is 2.03. The van der Waals surface area contributed by atoms with E-state index in [9.17, 15) is 8.42 Å². The predicted octanol–water partition coefficient (Wildman–Crippen LogP) is 0.116. The van der Waals surface area contributed by atoms with Crippen LogP contribution in [-0.4, -0.2) is 34.4 Å². The molecule has 96 valence electrons. The number of primary sulfonamides is 1. The van der Waals surface area contributed by atoms with Gasteiger partial charge in [0.25, 0.3) is 0 Å². The van der Waals surface area contributed by atoms with Gasteiger partial charge < -0.3 is 10.1 Å². The lowest BCUT2D eigenvalue weighted by molar-refractivity contribution is 0.409. The molecule has 0 saturated heterocycles. The Bertz CT molecular complexity index is 446. The Labute approximate surface area is 102 Å². The van der Waals surface area contributed by atoms with Gasteiger partial charge in [0.1, 0.15) is 5.75 Å². The Hall–Kier alpha value is -1.11. The summed E-state index contributed by atoms with van der Waals surface area (Å²) in [5.74, 6) is 0.805. The molecule has 5 nitrogen and oxygen atoms in total. The topological polar surface area (TPSA) is 81.4 Å². The summed E-state index contributed by atoms with van der Waals surface area (Å²) in [5.41, 5.74) is 1.10. The van der Waals surface area contributed by atoms with Gasteiger partial charge in [-0.15, -0.1) is 0 Å². The number of nitrogens with one attached hydrogen (secondary N) is 1. The maximum absolute atomic E-state index is 10.7. The van der Waals surface area contributed by atoms with Crippen molar-refractivity contribution in [3.05, 3.63) is 29.8 Å². The van der Waals surface area contributed by atoms with Crippen LogP contribution in [-0.2, 0) is 16.4 Å². The van der Waals surface area contributed by atoms with Crippen LogP contribution in [0.15, 0.2) is 24.3 Å². The first-order valence-corrected chi connectivity index (χ1v) is 7.07. The van der Waals surface area contributed by atoms with Crippen molar-refractivity contribution in [2.75, 3.05) is 26.0 Å². The standard InChI is InChI=1S/C11H18N2O3S/c1-16-11-5-3-2-4-10(11)6-7-13-8-9-17(12,14)15/h2-5,13H,6-9H2,1H3,(H2,12,14,15). The fourth-order valence-corrected chi connectivity index (χ4v) is 1.90. The molecule has 0 amide bonds. The minimum absolute atomic E-state index is 0.0427. The molecule has 0 aliphatic carbocycles. The summed E-state index contributed by atoms with van der Waals surface area (Å²) in [6, 6.07) is 7.75. The quantitative estimate of drug-likeness (QED) is 0.680. The third-order valence-corrected chi connectivity index (χ3v) is 3.10. The molecule has 0 aromatic heterocycles. The lowest BCUT2D eigenvalue weighted by Crippen LogP contribution is -2.28. The number of nitrogens with two attached hydrogens (primary N) is 1. The average molecular weight is 258 g/mol. The molecule has 1 aromatic carbocycles. The summed E-state index contributed by atoms with van der Waals surface area (Å²) in [7, 11) is -1.74. The number of para-hydroxylation sites is 1. The van der Waals surface area contributed by atoms with Gasteiger partial charge in [-0.25, -0.2) is 13.6 Å². The van der Waals surface area contributed by atoms with Gasteiger partial charge in [-0.3, -0.25) is 0 Å². The first kappa shape index (κ1) is 14.0. The molecule has 0 atom stereocenters. The van der Waals surface area contributed by atoms with Crippen molar-refractivity contribution < 1.29 is 13.2 Å². The Kier molecular flexibility index (Phi) is 5.40. The Morgan fingerprint density at radius 1 is 1.29 bits per heavy atom. The smallest absolute Gasteiger partial charge is 0.210 e. The van der Waals surface area contributed by atoms with E-state index < -0.39 is 10.0 Å². The summed E-state index contributed by atoms with van der Waals surface area (Å²) in [5, 5.41) is 7.91. The lowest BCUT2D eigenvalue weighted by Gasteiger charge is -2.08. The molecule has 0 unspecified atom stereocenters. The van der Waals surface area contributed by atoms with E-state index in [1.165, 1.54) is 0 Å². The zero-order chi connectivity index (χ0) is 12.7. The molecule has 17 heavy (non-hydrogen) atoms.